The van der Waals surface area contributed by atoms with Gasteiger partial charge in [-0.15, -0.1) is 0 Å². The molecular formula is C17H15BrN2O4. The van der Waals surface area contributed by atoms with Crippen LogP contribution in [0.2, 0.25) is 0 Å². The van der Waals surface area contributed by atoms with Crippen LogP contribution in [0.4, 0.5) is 0 Å². The SMILES string of the molecule is CC(=O)c1ccc(OCC(=O)NNC(=O)c2ccc(Br)cc2)cc1. The van der Waals surface area contributed by atoms with Gasteiger partial charge in [0, 0.05) is 15.6 Å². The molecule has 2 aromatic carbocycles. The monoisotopic (exact) mass is 390 g/mol. The van der Waals surface area contributed by atoms with Gasteiger partial charge in [0.05, 0.1) is 0 Å². The number of Topliss-reactive ketones (excluding diaryl/α,β-unsaturated/α-hetero) is 1. The number of halogens is 1. The number of carbonyl (C=O) groups is 3. The molecule has 0 aliphatic carbocycles. The highest BCUT2D eigenvalue weighted by Crippen LogP contribution is 2.12. The zero-order valence-electron chi connectivity index (χ0n) is 12.8. The van der Waals surface area contributed by atoms with Crippen LogP contribution >= 0.6 is 15.9 Å². The quantitative estimate of drug-likeness (QED) is 0.606. The number of benzene rings is 2. The number of carbonyl (C=O) groups excluding carboxylic acids is 3. The number of ether oxygens (including phenoxy) is 1. The minimum atomic E-state index is -0.504. The van der Waals surface area contributed by atoms with Gasteiger partial charge in [0.25, 0.3) is 11.8 Å². The molecule has 2 amide bonds. The van der Waals surface area contributed by atoms with Crippen molar-refractivity contribution in [2.45, 2.75) is 6.92 Å². The number of rotatable bonds is 5. The highest BCUT2D eigenvalue weighted by molar-refractivity contribution is 9.10. The minimum absolute atomic E-state index is 0.0463. The maximum Gasteiger partial charge on any atom is 0.276 e. The highest BCUT2D eigenvalue weighted by Gasteiger charge is 2.08. The van der Waals surface area contributed by atoms with Crippen LogP contribution < -0.4 is 15.6 Å². The highest BCUT2D eigenvalue weighted by atomic mass is 79.9. The van der Waals surface area contributed by atoms with Gasteiger partial charge in [-0.2, -0.15) is 0 Å². The molecule has 0 radical (unpaired) electrons. The molecule has 0 bridgehead atoms. The average molecular weight is 391 g/mol. The Labute approximate surface area is 147 Å². The molecule has 0 aliphatic heterocycles. The zero-order chi connectivity index (χ0) is 17.5. The zero-order valence-corrected chi connectivity index (χ0v) is 14.4. The van der Waals surface area contributed by atoms with Crippen LogP contribution in [0.5, 0.6) is 5.75 Å². The first kappa shape index (κ1) is 17.7. The Kier molecular flexibility index (Phi) is 6.08. The largest absolute Gasteiger partial charge is 0.484 e. The number of hydrogen-bond donors (Lipinski definition) is 2. The molecular weight excluding hydrogens is 376 g/mol. The second-order valence-electron chi connectivity index (χ2n) is 4.88. The second-order valence-corrected chi connectivity index (χ2v) is 5.79. The molecule has 0 fully saturated rings. The molecule has 0 aliphatic rings. The molecule has 2 rings (SSSR count). The normalized spacial score (nSPS) is 9.92. The van der Waals surface area contributed by atoms with E-state index in [2.05, 4.69) is 26.8 Å². The lowest BCUT2D eigenvalue weighted by atomic mass is 10.1. The van der Waals surface area contributed by atoms with Gasteiger partial charge >= 0.3 is 0 Å². The molecule has 2 aromatic rings. The standard InChI is InChI=1S/C17H15BrN2O4/c1-11(21)12-4-8-15(9-5-12)24-10-16(22)19-20-17(23)13-2-6-14(18)7-3-13/h2-9H,10H2,1H3,(H,19,22)(H,20,23). The van der Waals surface area contributed by atoms with Gasteiger partial charge in [-0.05, 0) is 55.5 Å². The molecule has 0 saturated carbocycles. The van der Waals surface area contributed by atoms with E-state index in [1.54, 1.807) is 48.5 Å². The van der Waals surface area contributed by atoms with E-state index in [9.17, 15) is 14.4 Å². The number of hydrazine groups is 1. The Bertz CT molecular complexity index is 742. The predicted octanol–water partition coefficient (Wildman–Crippen LogP) is 2.49. The van der Waals surface area contributed by atoms with E-state index >= 15 is 0 Å². The second kappa shape index (κ2) is 8.26. The fourth-order valence-corrected chi connectivity index (χ4v) is 2.04. The van der Waals surface area contributed by atoms with E-state index in [0.29, 0.717) is 16.9 Å². The fourth-order valence-electron chi connectivity index (χ4n) is 1.77. The molecule has 0 heterocycles. The third-order valence-electron chi connectivity index (χ3n) is 3.05. The molecule has 124 valence electrons. The van der Waals surface area contributed by atoms with Crippen LogP contribution in [-0.2, 0) is 4.79 Å². The van der Waals surface area contributed by atoms with Crippen LogP contribution in [0.25, 0.3) is 0 Å². The summed E-state index contributed by atoms with van der Waals surface area (Å²) in [5, 5.41) is 0. The third kappa shape index (κ3) is 5.20. The molecule has 6 nitrogen and oxygen atoms in total. The first-order valence-electron chi connectivity index (χ1n) is 7.04. The Morgan fingerprint density at radius 2 is 1.50 bits per heavy atom. The fraction of sp³-hybridized carbons (Fsp3) is 0.118. The van der Waals surface area contributed by atoms with Gasteiger partial charge in [-0.3, -0.25) is 25.2 Å². The Morgan fingerprint density at radius 3 is 2.08 bits per heavy atom. The van der Waals surface area contributed by atoms with Crippen molar-refractivity contribution >= 4 is 33.5 Å². The molecule has 7 heteroatoms. The van der Waals surface area contributed by atoms with E-state index in [1.165, 1.54) is 6.92 Å². The molecule has 0 spiro atoms. The predicted molar refractivity (Wildman–Crippen MR) is 91.7 cm³/mol. The lowest BCUT2D eigenvalue weighted by molar-refractivity contribution is -0.123. The van der Waals surface area contributed by atoms with E-state index in [1.807, 2.05) is 0 Å². The van der Waals surface area contributed by atoms with Gasteiger partial charge in [0.2, 0.25) is 0 Å². The van der Waals surface area contributed by atoms with E-state index in [0.717, 1.165) is 4.47 Å². The summed E-state index contributed by atoms with van der Waals surface area (Å²) in [5.41, 5.74) is 5.55. The number of hydrogen-bond acceptors (Lipinski definition) is 4. The summed E-state index contributed by atoms with van der Waals surface area (Å²) < 4.78 is 6.13. The van der Waals surface area contributed by atoms with E-state index in [4.69, 9.17) is 4.74 Å². The Hall–Kier alpha value is -2.67. The number of nitrogens with one attached hydrogen (secondary N) is 2. The van der Waals surface area contributed by atoms with Crippen molar-refractivity contribution in [1.82, 2.24) is 10.9 Å². The maximum absolute atomic E-state index is 11.8. The smallest absolute Gasteiger partial charge is 0.276 e. The molecule has 24 heavy (non-hydrogen) atoms. The van der Waals surface area contributed by atoms with Crippen LogP contribution in [0.15, 0.2) is 53.0 Å². The van der Waals surface area contributed by atoms with E-state index in [-0.39, 0.29) is 12.4 Å². The number of amides is 2. The Balaban J connectivity index is 1.77. The molecule has 0 atom stereocenters. The molecule has 0 unspecified atom stereocenters. The summed E-state index contributed by atoms with van der Waals surface area (Å²) in [4.78, 5) is 34.7. The van der Waals surface area contributed by atoms with E-state index < -0.39 is 11.8 Å². The maximum atomic E-state index is 11.8. The van der Waals surface area contributed by atoms with Crippen molar-refractivity contribution in [3.8, 4) is 5.75 Å². The van der Waals surface area contributed by atoms with Crippen LogP contribution in [0.1, 0.15) is 27.6 Å². The molecule has 2 N–H and O–H groups in total. The summed E-state index contributed by atoms with van der Waals surface area (Å²) in [6.45, 7) is 1.21. The lowest BCUT2D eigenvalue weighted by Crippen LogP contribution is -2.43. The Morgan fingerprint density at radius 1 is 0.917 bits per heavy atom. The van der Waals surface area contributed by atoms with Gasteiger partial charge < -0.3 is 4.74 Å². The first-order valence-corrected chi connectivity index (χ1v) is 7.83. The minimum Gasteiger partial charge on any atom is -0.484 e. The molecule has 0 saturated heterocycles. The van der Waals surface area contributed by atoms with Gasteiger partial charge in [0.1, 0.15) is 5.75 Å². The number of ketones is 1. The van der Waals surface area contributed by atoms with Crippen LogP contribution in [0.3, 0.4) is 0 Å². The van der Waals surface area contributed by atoms with Crippen molar-refractivity contribution in [3.05, 3.63) is 64.1 Å². The van der Waals surface area contributed by atoms with Crippen molar-refractivity contribution in [2.24, 2.45) is 0 Å². The van der Waals surface area contributed by atoms with Crippen molar-refractivity contribution in [2.75, 3.05) is 6.61 Å². The van der Waals surface area contributed by atoms with Crippen LogP contribution in [-0.4, -0.2) is 24.2 Å². The van der Waals surface area contributed by atoms with Gasteiger partial charge in [0.15, 0.2) is 12.4 Å². The molecule has 0 aromatic heterocycles. The summed E-state index contributed by atoms with van der Waals surface area (Å²) in [6, 6.07) is 13.1. The van der Waals surface area contributed by atoms with Crippen molar-refractivity contribution in [3.63, 3.8) is 0 Å². The summed E-state index contributed by atoms with van der Waals surface area (Å²) in [6.07, 6.45) is 0. The lowest BCUT2D eigenvalue weighted by Gasteiger charge is -2.09. The topological polar surface area (TPSA) is 84.5 Å². The van der Waals surface area contributed by atoms with Gasteiger partial charge in [-0.25, -0.2) is 0 Å². The van der Waals surface area contributed by atoms with Crippen molar-refractivity contribution < 1.29 is 19.1 Å². The third-order valence-corrected chi connectivity index (χ3v) is 3.58. The first-order chi connectivity index (χ1) is 11.5. The average Bonchev–Trinajstić information content (AvgIpc) is 2.58. The van der Waals surface area contributed by atoms with Gasteiger partial charge in [-0.1, -0.05) is 15.9 Å². The summed E-state index contributed by atoms with van der Waals surface area (Å²) in [5.74, 6) is -0.526. The van der Waals surface area contributed by atoms with Crippen molar-refractivity contribution in [1.29, 1.82) is 0 Å². The summed E-state index contributed by atoms with van der Waals surface area (Å²) in [7, 11) is 0. The van der Waals surface area contributed by atoms with Crippen LogP contribution in [0, 0.1) is 0 Å². The summed E-state index contributed by atoms with van der Waals surface area (Å²) >= 11 is 3.28.